The van der Waals surface area contributed by atoms with Crippen LogP contribution in [-0.2, 0) is 0 Å². The molecule has 2 aromatic carbocycles. The van der Waals surface area contributed by atoms with Crippen molar-refractivity contribution in [2.45, 2.75) is 6.92 Å². The minimum absolute atomic E-state index is 0.826. The molecule has 0 amide bonds. The van der Waals surface area contributed by atoms with Crippen molar-refractivity contribution in [1.29, 1.82) is 0 Å². The van der Waals surface area contributed by atoms with Gasteiger partial charge in [-0.05, 0) is 25.1 Å². The van der Waals surface area contributed by atoms with Crippen molar-refractivity contribution in [2.24, 2.45) is 5.73 Å². The van der Waals surface area contributed by atoms with E-state index in [1.807, 2.05) is 13.0 Å². The van der Waals surface area contributed by atoms with E-state index in [1.54, 1.807) is 0 Å². The van der Waals surface area contributed by atoms with Crippen molar-refractivity contribution in [1.82, 2.24) is 5.32 Å². The topological polar surface area (TPSA) is 41.3 Å². The highest BCUT2D eigenvalue weighted by atomic mass is 15.2. The first-order valence-electron chi connectivity index (χ1n) is 6.89. The van der Waals surface area contributed by atoms with Gasteiger partial charge in [-0.3, -0.25) is 0 Å². The van der Waals surface area contributed by atoms with E-state index in [-0.39, 0.29) is 0 Å². The van der Waals surface area contributed by atoms with Gasteiger partial charge in [-0.15, -0.1) is 0 Å². The highest BCUT2D eigenvalue weighted by Gasteiger charge is 2.19. The number of nitrogens with one attached hydrogen (secondary N) is 1. The van der Waals surface area contributed by atoms with Gasteiger partial charge in [0.2, 0.25) is 0 Å². The van der Waals surface area contributed by atoms with Crippen LogP contribution in [0.1, 0.15) is 12.5 Å². The zero-order valence-corrected chi connectivity index (χ0v) is 11.6. The molecule has 0 aromatic heterocycles. The van der Waals surface area contributed by atoms with Gasteiger partial charge in [0.05, 0.1) is 11.4 Å². The minimum Gasteiger partial charge on any atom is -0.401 e. The molecule has 1 aliphatic rings. The lowest BCUT2D eigenvalue weighted by Crippen LogP contribution is -2.24. The first-order chi connectivity index (χ1) is 9.77. The average molecular weight is 265 g/mol. The van der Waals surface area contributed by atoms with Gasteiger partial charge in [0.25, 0.3) is 0 Å². The molecule has 20 heavy (non-hydrogen) atoms. The molecule has 0 atom stereocenters. The molecule has 0 saturated carbocycles. The maximum Gasteiger partial charge on any atom is 0.0623 e. The van der Waals surface area contributed by atoms with Crippen molar-refractivity contribution in [3.05, 3.63) is 65.9 Å². The number of hydrogen-bond acceptors (Lipinski definition) is 3. The van der Waals surface area contributed by atoms with Crippen LogP contribution in [0.3, 0.4) is 0 Å². The van der Waals surface area contributed by atoms with Crippen LogP contribution < -0.4 is 16.0 Å². The Morgan fingerprint density at radius 2 is 1.75 bits per heavy atom. The summed E-state index contributed by atoms with van der Waals surface area (Å²) in [5, 5.41) is 3.45. The number of benzene rings is 2. The Bertz CT molecular complexity index is 628. The Balaban J connectivity index is 2.15. The standard InChI is InChI=1S/C17H19N3/c1-13(18)17-15-9-5-6-10-16(15)20(12-11-19-17)14-7-3-2-4-8-14/h2-10,19H,11-12,18H2,1H3/b17-13-. The normalized spacial score (nSPS) is 16.9. The van der Waals surface area contributed by atoms with Gasteiger partial charge in [0.1, 0.15) is 0 Å². The van der Waals surface area contributed by atoms with Crippen LogP contribution in [0.2, 0.25) is 0 Å². The molecule has 102 valence electrons. The van der Waals surface area contributed by atoms with Gasteiger partial charge < -0.3 is 16.0 Å². The number of hydrogen-bond donors (Lipinski definition) is 2. The third-order valence-electron chi connectivity index (χ3n) is 3.56. The molecule has 3 N–H and O–H groups in total. The number of para-hydroxylation sites is 2. The number of rotatable bonds is 1. The van der Waals surface area contributed by atoms with E-state index in [1.165, 1.54) is 11.4 Å². The Kier molecular flexibility index (Phi) is 3.33. The summed E-state index contributed by atoms with van der Waals surface area (Å²) in [6.45, 7) is 3.72. The fraction of sp³-hybridized carbons (Fsp3) is 0.176. The number of nitrogens with two attached hydrogens (primary N) is 1. The van der Waals surface area contributed by atoms with Gasteiger partial charge in [0.15, 0.2) is 0 Å². The third kappa shape index (κ3) is 2.23. The Labute approximate surface area is 119 Å². The Morgan fingerprint density at radius 3 is 2.50 bits per heavy atom. The molecule has 0 unspecified atom stereocenters. The second-order valence-corrected chi connectivity index (χ2v) is 4.99. The summed E-state index contributed by atoms with van der Waals surface area (Å²) >= 11 is 0. The summed E-state index contributed by atoms with van der Waals surface area (Å²) in [5.41, 5.74) is 11.5. The quantitative estimate of drug-likeness (QED) is 0.832. The summed E-state index contributed by atoms with van der Waals surface area (Å²) in [6.07, 6.45) is 0. The number of nitrogens with zero attached hydrogens (tertiary/aromatic N) is 1. The van der Waals surface area contributed by atoms with Crippen molar-refractivity contribution < 1.29 is 0 Å². The zero-order valence-electron chi connectivity index (χ0n) is 11.6. The maximum absolute atomic E-state index is 6.03. The SMILES string of the molecule is C/C(N)=C1/NCCN(c2ccccc2)c2ccccc21. The zero-order chi connectivity index (χ0) is 13.9. The van der Waals surface area contributed by atoms with Crippen LogP contribution in [0, 0.1) is 0 Å². The average Bonchev–Trinajstić information content (AvgIpc) is 2.68. The van der Waals surface area contributed by atoms with E-state index >= 15 is 0 Å². The molecule has 0 radical (unpaired) electrons. The molecule has 0 bridgehead atoms. The van der Waals surface area contributed by atoms with Gasteiger partial charge in [-0.25, -0.2) is 0 Å². The molecule has 0 spiro atoms. The molecular weight excluding hydrogens is 246 g/mol. The van der Waals surface area contributed by atoms with Crippen LogP contribution in [0.4, 0.5) is 11.4 Å². The molecule has 1 heterocycles. The van der Waals surface area contributed by atoms with Crippen LogP contribution in [0.5, 0.6) is 0 Å². The van der Waals surface area contributed by atoms with E-state index < -0.39 is 0 Å². The van der Waals surface area contributed by atoms with Crippen LogP contribution in [0.15, 0.2) is 60.3 Å². The molecule has 3 heteroatoms. The van der Waals surface area contributed by atoms with E-state index in [0.717, 1.165) is 30.0 Å². The Hall–Kier alpha value is -2.42. The number of allylic oxidation sites excluding steroid dienone is 1. The molecule has 1 aliphatic heterocycles. The molecule has 2 aromatic rings. The Morgan fingerprint density at radius 1 is 1.05 bits per heavy atom. The summed E-state index contributed by atoms with van der Waals surface area (Å²) in [5.74, 6) is 0. The molecule has 3 rings (SSSR count). The predicted octanol–water partition coefficient (Wildman–Crippen LogP) is 3.08. The first kappa shape index (κ1) is 12.6. The van der Waals surface area contributed by atoms with Gasteiger partial charge in [-0.2, -0.15) is 0 Å². The largest absolute Gasteiger partial charge is 0.401 e. The lowest BCUT2D eigenvalue weighted by molar-refractivity contribution is 0.846. The number of fused-ring (bicyclic) bond motifs is 1. The second-order valence-electron chi connectivity index (χ2n) is 4.99. The van der Waals surface area contributed by atoms with Crippen LogP contribution in [-0.4, -0.2) is 13.1 Å². The minimum atomic E-state index is 0.826. The number of anilines is 2. The van der Waals surface area contributed by atoms with Gasteiger partial charge >= 0.3 is 0 Å². The molecule has 3 nitrogen and oxygen atoms in total. The molecular formula is C17H19N3. The fourth-order valence-corrected chi connectivity index (χ4v) is 2.66. The molecule has 0 saturated heterocycles. The van der Waals surface area contributed by atoms with Crippen LogP contribution >= 0.6 is 0 Å². The third-order valence-corrected chi connectivity index (χ3v) is 3.56. The second kappa shape index (κ2) is 5.29. The summed E-state index contributed by atoms with van der Waals surface area (Å²) in [4.78, 5) is 2.33. The first-order valence-corrected chi connectivity index (χ1v) is 6.89. The lowest BCUT2D eigenvalue weighted by Gasteiger charge is -2.24. The highest BCUT2D eigenvalue weighted by molar-refractivity contribution is 5.81. The lowest BCUT2D eigenvalue weighted by atomic mass is 10.1. The summed E-state index contributed by atoms with van der Waals surface area (Å²) in [6, 6.07) is 18.9. The van der Waals surface area contributed by atoms with E-state index in [2.05, 4.69) is 58.7 Å². The van der Waals surface area contributed by atoms with Crippen LogP contribution in [0.25, 0.3) is 5.70 Å². The van der Waals surface area contributed by atoms with Crippen molar-refractivity contribution in [2.75, 3.05) is 18.0 Å². The fourth-order valence-electron chi connectivity index (χ4n) is 2.66. The van der Waals surface area contributed by atoms with E-state index in [4.69, 9.17) is 5.73 Å². The maximum atomic E-state index is 6.03. The highest BCUT2D eigenvalue weighted by Crippen LogP contribution is 2.33. The van der Waals surface area contributed by atoms with Gasteiger partial charge in [0, 0.05) is 30.0 Å². The van der Waals surface area contributed by atoms with E-state index in [9.17, 15) is 0 Å². The molecule has 0 aliphatic carbocycles. The summed E-state index contributed by atoms with van der Waals surface area (Å²) in [7, 11) is 0. The summed E-state index contributed by atoms with van der Waals surface area (Å²) < 4.78 is 0. The van der Waals surface area contributed by atoms with Gasteiger partial charge in [-0.1, -0.05) is 36.4 Å². The van der Waals surface area contributed by atoms with Crippen molar-refractivity contribution >= 4 is 17.1 Å². The van der Waals surface area contributed by atoms with E-state index in [0.29, 0.717) is 0 Å². The predicted molar refractivity (Wildman–Crippen MR) is 84.7 cm³/mol. The van der Waals surface area contributed by atoms with Crippen molar-refractivity contribution in [3.8, 4) is 0 Å². The molecule has 0 fully saturated rings. The monoisotopic (exact) mass is 265 g/mol. The smallest absolute Gasteiger partial charge is 0.0623 e. The van der Waals surface area contributed by atoms with Crippen molar-refractivity contribution in [3.63, 3.8) is 0 Å².